The Hall–Kier alpha value is -1.38. The first-order valence-electron chi connectivity index (χ1n) is 5.07. The Bertz CT molecular complexity index is 571. The first-order chi connectivity index (χ1) is 8.36. The second kappa shape index (κ2) is 5.80. The number of hydrogen-bond acceptors (Lipinski definition) is 2. The van der Waals surface area contributed by atoms with Crippen LogP contribution < -0.4 is 0 Å². The lowest BCUT2D eigenvalue weighted by Crippen LogP contribution is -1.83. The van der Waals surface area contributed by atoms with Crippen molar-refractivity contribution in [1.29, 1.82) is 0 Å². The minimum absolute atomic E-state index is 0.194. The second-order valence-electron chi connectivity index (χ2n) is 3.32. The van der Waals surface area contributed by atoms with Gasteiger partial charge >= 0.3 is 0 Å². The van der Waals surface area contributed by atoms with Crippen molar-refractivity contribution < 1.29 is 0 Å². The highest BCUT2D eigenvalue weighted by atomic mass is 35.5. The van der Waals surface area contributed by atoms with Crippen LogP contribution in [0.25, 0.3) is 21.8 Å². The van der Waals surface area contributed by atoms with E-state index in [9.17, 15) is 0 Å². The zero-order valence-electron chi connectivity index (χ0n) is 8.98. The van der Waals surface area contributed by atoms with Gasteiger partial charge in [0.1, 0.15) is 0 Å². The van der Waals surface area contributed by atoms with Gasteiger partial charge in [-0.05, 0) is 12.1 Å². The van der Waals surface area contributed by atoms with Gasteiger partial charge in [0.2, 0.25) is 0 Å². The molecule has 0 atom stereocenters. The van der Waals surface area contributed by atoms with Gasteiger partial charge in [0.05, 0.1) is 16.4 Å². The Labute approximate surface area is 109 Å². The number of aromatic nitrogens is 2. The zero-order valence-corrected chi connectivity index (χ0v) is 10.5. The SMILES string of the molecule is ClCCl.c1cnc2c(c1)ccc1cccnc12. The Morgan fingerprint density at radius 1 is 0.765 bits per heavy atom. The Morgan fingerprint density at radius 3 is 1.59 bits per heavy atom. The van der Waals surface area contributed by atoms with E-state index in [0.717, 1.165) is 21.8 Å². The van der Waals surface area contributed by atoms with Crippen LogP contribution in [0.1, 0.15) is 0 Å². The minimum Gasteiger partial charge on any atom is -0.254 e. The molecular formula is C13H10Cl2N2. The average molecular weight is 265 g/mol. The molecule has 3 aromatic rings. The Balaban J connectivity index is 0.000000329. The summed E-state index contributed by atoms with van der Waals surface area (Å²) < 4.78 is 0. The van der Waals surface area contributed by atoms with Crippen LogP contribution in [0, 0.1) is 0 Å². The smallest absolute Gasteiger partial charge is 0.0967 e. The van der Waals surface area contributed by atoms with E-state index in [4.69, 9.17) is 23.2 Å². The summed E-state index contributed by atoms with van der Waals surface area (Å²) in [5.41, 5.74) is 1.95. The monoisotopic (exact) mass is 264 g/mol. The molecule has 86 valence electrons. The molecule has 0 aliphatic heterocycles. The van der Waals surface area contributed by atoms with Crippen molar-refractivity contribution in [2.75, 3.05) is 5.34 Å². The number of alkyl halides is 2. The first-order valence-corrected chi connectivity index (χ1v) is 6.14. The molecule has 2 aromatic heterocycles. The fourth-order valence-corrected chi connectivity index (χ4v) is 1.68. The van der Waals surface area contributed by atoms with Crippen LogP contribution in [-0.4, -0.2) is 15.3 Å². The maximum atomic E-state index is 4.76. The van der Waals surface area contributed by atoms with E-state index in [1.54, 1.807) is 12.4 Å². The third kappa shape index (κ3) is 2.65. The Kier molecular flexibility index (Phi) is 4.13. The number of rotatable bonds is 0. The van der Waals surface area contributed by atoms with Gasteiger partial charge in [-0.25, -0.2) is 0 Å². The third-order valence-corrected chi connectivity index (χ3v) is 2.34. The number of hydrogen-bond donors (Lipinski definition) is 0. The molecule has 0 saturated heterocycles. The summed E-state index contributed by atoms with van der Waals surface area (Å²) in [7, 11) is 0. The number of halogens is 2. The van der Waals surface area contributed by atoms with Crippen molar-refractivity contribution in [2.24, 2.45) is 0 Å². The van der Waals surface area contributed by atoms with Crippen LogP contribution in [0.5, 0.6) is 0 Å². The van der Waals surface area contributed by atoms with Crippen LogP contribution in [0.2, 0.25) is 0 Å². The summed E-state index contributed by atoms with van der Waals surface area (Å²) in [5, 5.41) is 2.47. The number of pyridine rings is 2. The molecule has 0 saturated carbocycles. The van der Waals surface area contributed by atoms with E-state index in [1.807, 2.05) is 12.1 Å². The lowest BCUT2D eigenvalue weighted by Gasteiger charge is -2.00. The lowest BCUT2D eigenvalue weighted by molar-refractivity contribution is 1.37. The van der Waals surface area contributed by atoms with Crippen LogP contribution in [-0.2, 0) is 0 Å². The second-order valence-corrected chi connectivity index (χ2v) is 4.12. The molecule has 17 heavy (non-hydrogen) atoms. The molecule has 0 unspecified atom stereocenters. The van der Waals surface area contributed by atoms with Crippen LogP contribution >= 0.6 is 23.2 Å². The van der Waals surface area contributed by atoms with Crippen LogP contribution in [0.3, 0.4) is 0 Å². The number of benzene rings is 1. The molecule has 1 aromatic carbocycles. The third-order valence-electron chi connectivity index (χ3n) is 2.34. The van der Waals surface area contributed by atoms with E-state index in [2.05, 4.69) is 34.2 Å². The van der Waals surface area contributed by atoms with Gasteiger partial charge in [0, 0.05) is 23.2 Å². The fourth-order valence-electron chi connectivity index (χ4n) is 1.68. The molecule has 3 rings (SSSR count). The van der Waals surface area contributed by atoms with Gasteiger partial charge in [-0.3, -0.25) is 9.97 Å². The maximum absolute atomic E-state index is 4.76. The Morgan fingerprint density at radius 2 is 1.18 bits per heavy atom. The van der Waals surface area contributed by atoms with Crippen molar-refractivity contribution in [2.45, 2.75) is 0 Å². The van der Waals surface area contributed by atoms with Gasteiger partial charge in [0.15, 0.2) is 0 Å². The topological polar surface area (TPSA) is 25.8 Å². The molecular weight excluding hydrogens is 255 g/mol. The zero-order chi connectivity index (χ0) is 12.1. The van der Waals surface area contributed by atoms with E-state index in [-0.39, 0.29) is 5.34 Å². The van der Waals surface area contributed by atoms with Crippen molar-refractivity contribution in [3.05, 3.63) is 48.8 Å². The average Bonchev–Trinajstić information content (AvgIpc) is 2.40. The molecule has 0 fully saturated rings. The van der Waals surface area contributed by atoms with Crippen LogP contribution in [0.4, 0.5) is 0 Å². The molecule has 2 nitrogen and oxygen atoms in total. The van der Waals surface area contributed by atoms with Crippen molar-refractivity contribution in [1.82, 2.24) is 9.97 Å². The summed E-state index contributed by atoms with van der Waals surface area (Å²) in [5.74, 6) is 0. The molecule has 0 N–H and O–H groups in total. The quantitative estimate of drug-likeness (QED) is 0.449. The summed E-state index contributed by atoms with van der Waals surface area (Å²) in [6, 6.07) is 12.1. The van der Waals surface area contributed by atoms with E-state index in [1.165, 1.54) is 0 Å². The van der Waals surface area contributed by atoms with Gasteiger partial charge in [-0.1, -0.05) is 24.3 Å². The van der Waals surface area contributed by atoms with Gasteiger partial charge < -0.3 is 0 Å². The molecule has 0 aliphatic carbocycles. The number of fused-ring (bicyclic) bond motifs is 3. The summed E-state index contributed by atoms with van der Waals surface area (Å²) in [6.07, 6.45) is 3.60. The summed E-state index contributed by atoms with van der Waals surface area (Å²) in [6.45, 7) is 0. The van der Waals surface area contributed by atoms with E-state index >= 15 is 0 Å². The molecule has 0 radical (unpaired) electrons. The maximum Gasteiger partial charge on any atom is 0.0967 e. The highest BCUT2D eigenvalue weighted by Crippen LogP contribution is 2.20. The summed E-state index contributed by atoms with van der Waals surface area (Å²) in [4.78, 5) is 8.69. The largest absolute Gasteiger partial charge is 0.254 e. The first kappa shape index (κ1) is 12.1. The molecule has 0 amide bonds. The minimum atomic E-state index is 0.194. The van der Waals surface area contributed by atoms with E-state index in [0.29, 0.717) is 0 Å². The van der Waals surface area contributed by atoms with Gasteiger partial charge in [-0.2, -0.15) is 0 Å². The molecule has 4 heteroatoms. The molecule has 0 spiro atoms. The number of nitrogens with zero attached hydrogens (tertiary/aromatic N) is 2. The van der Waals surface area contributed by atoms with Crippen LogP contribution in [0.15, 0.2) is 48.8 Å². The summed E-state index contributed by atoms with van der Waals surface area (Å²) >= 11 is 9.53. The highest BCUT2D eigenvalue weighted by Gasteiger charge is 2.00. The molecule has 2 heterocycles. The lowest BCUT2D eigenvalue weighted by atomic mass is 10.1. The normalized spacial score (nSPS) is 10.0. The van der Waals surface area contributed by atoms with Crippen molar-refractivity contribution >= 4 is 45.0 Å². The van der Waals surface area contributed by atoms with E-state index < -0.39 is 0 Å². The molecule has 0 aliphatic rings. The van der Waals surface area contributed by atoms with Gasteiger partial charge in [0.25, 0.3) is 0 Å². The molecule has 0 bridgehead atoms. The predicted octanol–water partition coefficient (Wildman–Crippen LogP) is 4.20. The predicted molar refractivity (Wildman–Crippen MR) is 73.6 cm³/mol. The standard InChI is InChI=1S/C12H8N2.CH2Cl2/c1-3-9-5-6-10-4-2-8-14-12(10)11(9)13-7-1;2-1-3/h1-8H;1H2. The van der Waals surface area contributed by atoms with Gasteiger partial charge in [-0.15, -0.1) is 23.2 Å². The van der Waals surface area contributed by atoms with Crippen molar-refractivity contribution in [3.8, 4) is 0 Å². The fraction of sp³-hybridized carbons (Fsp3) is 0.0769. The van der Waals surface area contributed by atoms with Crippen molar-refractivity contribution in [3.63, 3.8) is 0 Å². The highest BCUT2D eigenvalue weighted by molar-refractivity contribution is 6.40.